The fourth-order valence-corrected chi connectivity index (χ4v) is 3.06. The van der Waals surface area contributed by atoms with Crippen molar-refractivity contribution in [3.05, 3.63) is 62.8 Å². The van der Waals surface area contributed by atoms with Crippen LogP contribution in [-0.4, -0.2) is 0 Å². The Bertz CT molecular complexity index is 549. The molecule has 3 heteroatoms. The summed E-state index contributed by atoms with van der Waals surface area (Å²) >= 11 is 7.15. The van der Waals surface area contributed by atoms with Gasteiger partial charge in [0.05, 0.1) is 0 Å². The Morgan fingerprint density at radius 2 is 1.70 bits per heavy atom. The van der Waals surface area contributed by atoms with E-state index in [9.17, 15) is 0 Å². The predicted octanol–water partition coefficient (Wildman–Crippen LogP) is 5.22. The van der Waals surface area contributed by atoms with Crippen molar-refractivity contribution in [1.29, 1.82) is 0 Å². The van der Waals surface area contributed by atoms with E-state index in [1.165, 1.54) is 34.9 Å². The third-order valence-electron chi connectivity index (χ3n) is 3.43. The third kappa shape index (κ3) is 5.02. The monoisotopic (exact) mass is 396 g/mol. The minimum absolute atomic E-state index is 1.11. The molecule has 0 atom stereocenters. The van der Waals surface area contributed by atoms with Crippen LogP contribution in [0.25, 0.3) is 0 Å². The Balaban J connectivity index is 1.71. The van der Waals surface area contributed by atoms with Gasteiger partial charge in [0.2, 0.25) is 0 Å². The van der Waals surface area contributed by atoms with Crippen molar-refractivity contribution in [1.82, 2.24) is 0 Å². The number of rotatable bonds is 6. The first-order valence-corrected chi connectivity index (χ1v) is 8.63. The quantitative estimate of drug-likeness (QED) is 0.464. The zero-order valence-corrected chi connectivity index (χ0v) is 15.0. The van der Waals surface area contributed by atoms with Gasteiger partial charge < -0.3 is 0 Å². The zero-order chi connectivity index (χ0) is 14.4. The van der Waals surface area contributed by atoms with Crippen LogP contribution < -0.4 is 4.57 Å². The summed E-state index contributed by atoms with van der Waals surface area (Å²) in [6.07, 6.45) is 9.21. The van der Waals surface area contributed by atoms with Crippen LogP contribution in [0.4, 0.5) is 0 Å². The maximum atomic E-state index is 3.62. The average molecular weight is 398 g/mol. The summed E-state index contributed by atoms with van der Waals surface area (Å²) in [5.74, 6) is 0. The van der Waals surface area contributed by atoms with Gasteiger partial charge in [-0.2, -0.15) is 0 Å². The van der Waals surface area contributed by atoms with Crippen LogP contribution in [0.2, 0.25) is 0 Å². The van der Waals surface area contributed by atoms with E-state index in [4.69, 9.17) is 0 Å². The average Bonchev–Trinajstić information content (AvgIpc) is 2.44. The van der Waals surface area contributed by atoms with Crippen LogP contribution >= 0.6 is 31.9 Å². The van der Waals surface area contributed by atoms with E-state index in [-0.39, 0.29) is 0 Å². The summed E-state index contributed by atoms with van der Waals surface area (Å²) in [6.45, 7) is 3.24. The molecule has 2 aromatic rings. The number of hydrogen-bond acceptors (Lipinski definition) is 0. The van der Waals surface area contributed by atoms with Gasteiger partial charge in [-0.05, 0) is 55.5 Å². The molecular formula is C17H20Br2N+. The maximum Gasteiger partial charge on any atom is 0.169 e. The molecule has 0 radical (unpaired) electrons. The first kappa shape index (κ1) is 15.7. The highest BCUT2D eigenvalue weighted by molar-refractivity contribution is 9.11. The topological polar surface area (TPSA) is 3.88 Å². The second-order valence-electron chi connectivity index (χ2n) is 5.16. The van der Waals surface area contributed by atoms with E-state index in [1.807, 2.05) is 0 Å². The lowest BCUT2D eigenvalue weighted by Gasteiger charge is -2.05. The normalized spacial score (nSPS) is 10.8. The number of pyridine rings is 1. The van der Waals surface area contributed by atoms with Crippen molar-refractivity contribution in [2.45, 2.75) is 39.2 Å². The van der Waals surface area contributed by atoms with E-state index in [0.29, 0.717) is 0 Å². The number of halogens is 2. The summed E-state index contributed by atoms with van der Waals surface area (Å²) < 4.78 is 4.64. The number of hydrogen-bond donors (Lipinski definition) is 0. The Morgan fingerprint density at radius 1 is 0.950 bits per heavy atom. The first-order valence-electron chi connectivity index (χ1n) is 7.05. The molecule has 0 N–H and O–H groups in total. The lowest BCUT2D eigenvalue weighted by atomic mass is 10.1. The van der Waals surface area contributed by atoms with Crippen LogP contribution in [0.5, 0.6) is 0 Å². The number of aromatic nitrogens is 1. The summed E-state index contributed by atoms with van der Waals surface area (Å²) in [7, 11) is 0. The Hall–Kier alpha value is -0.670. The largest absolute Gasteiger partial charge is 0.205 e. The van der Waals surface area contributed by atoms with Gasteiger partial charge in [-0.3, -0.25) is 0 Å². The number of aryl methyl sites for hydroxylation is 3. The highest BCUT2D eigenvalue weighted by Gasteiger charge is 2.02. The Kier molecular flexibility index (Phi) is 6.24. The SMILES string of the molecule is Cc1cc[n+](CCCCCc2cc(Br)ccc2Br)cc1. The zero-order valence-electron chi connectivity index (χ0n) is 11.8. The fourth-order valence-electron chi connectivity index (χ4n) is 2.20. The molecule has 106 valence electrons. The minimum atomic E-state index is 1.11. The Morgan fingerprint density at radius 3 is 2.45 bits per heavy atom. The lowest BCUT2D eigenvalue weighted by Crippen LogP contribution is -2.32. The van der Waals surface area contributed by atoms with Crippen molar-refractivity contribution in [2.75, 3.05) is 0 Å². The molecule has 0 amide bonds. The Labute approximate surface area is 138 Å². The van der Waals surface area contributed by atoms with E-state index in [1.54, 1.807) is 0 Å². The van der Waals surface area contributed by atoms with E-state index >= 15 is 0 Å². The van der Waals surface area contributed by atoms with Crippen molar-refractivity contribution < 1.29 is 4.57 Å². The second kappa shape index (κ2) is 7.94. The molecule has 1 aromatic carbocycles. The molecule has 1 heterocycles. The smallest absolute Gasteiger partial charge is 0.169 e. The standard InChI is InChI=1S/C17H20Br2N/c1-14-8-11-20(12-9-14)10-4-2-3-5-15-13-16(18)6-7-17(15)19/h6-9,11-13H,2-5,10H2,1H3/q+1. The van der Waals surface area contributed by atoms with Gasteiger partial charge in [0.1, 0.15) is 6.54 Å². The molecule has 1 aromatic heterocycles. The molecule has 0 fully saturated rings. The van der Waals surface area contributed by atoms with Crippen molar-refractivity contribution >= 4 is 31.9 Å². The summed E-state index contributed by atoms with van der Waals surface area (Å²) in [4.78, 5) is 0. The molecule has 0 aliphatic heterocycles. The fraction of sp³-hybridized carbons (Fsp3) is 0.353. The predicted molar refractivity (Wildman–Crippen MR) is 90.8 cm³/mol. The van der Waals surface area contributed by atoms with Crippen LogP contribution in [-0.2, 0) is 13.0 Å². The van der Waals surface area contributed by atoms with Crippen LogP contribution in [0.1, 0.15) is 30.4 Å². The first-order chi connectivity index (χ1) is 9.65. The van der Waals surface area contributed by atoms with Gasteiger partial charge in [0.25, 0.3) is 0 Å². The van der Waals surface area contributed by atoms with Gasteiger partial charge in [-0.1, -0.05) is 31.9 Å². The van der Waals surface area contributed by atoms with Crippen molar-refractivity contribution in [2.24, 2.45) is 0 Å². The van der Waals surface area contributed by atoms with Crippen LogP contribution in [0, 0.1) is 6.92 Å². The summed E-state index contributed by atoms with van der Waals surface area (Å²) in [6, 6.07) is 10.7. The van der Waals surface area contributed by atoms with Gasteiger partial charge >= 0.3 is 0 Å². The van der Waals surface area contributed by atoms with Gasteiger partial charge in [-0.15, -0.1) is 0 Å². The van der Waals surface area contributed by atoms with Gasteiger partial charge in [0.15, 0.2) is 12.4 Å². The molecule has 0 bridgehead atoms. The van der Waals surface area contributed by atoms with Crippen LogP contribution in [0.15, 0.2) is 51.7 Å². The van der Waals surface area contributed by atoms with E-state index in [0.717, 1.165) is 17.4 Å². The van der Waals surface area contributed by atoms with Gasteiger partial charge in [0, 0.05) is 27.5 Å². The highest BCUT2D eigenvalue weighted by atomic mass is 79.9. The second-order valence-corrected chi connectivity index (χ2v) is 6.93. The molecule has 20 heavy (non-hydrogen) atoms. The molecule has 2 rings (SSSR count). The third-order valence-corrected chi connectivity index (χ3v) is 4.69. The minimum Gasteiger partial charge on any atom is -0.205 e. The molecule has 0 spiro atoms. The molecule has 0 aliphatic rings. The van der Waals surface area contributed by atoms with Crippen LogP contribution in [0.3, 0.4) is 0 Å². The molecule has 1 nitrogen and oxygen atoms in total. The van der Waals surface area contributed by atoms with E-state index in [2.05, 4.69) is 86.1 Å². The maximum absolute atomic E-state index is 3.62. The van der Waals surface area contributed by atoms with Crippen molar-refractivity contribution in [3.63, 3.8) is 0 Å². The molecular weight excluding hydrogens is 378 g/mol. The molecule has 0 saturated carbocycles. The lowest BCUT2D eigenvalue weighted by molar-refractivity contribution is -0.697. The molecule has 0 unspecified atom stereocenters. The van der Waals surface area contributed by atoms with E-state index < -0.39 is 0 Å². The number of benzene rings is 1. The number of unbranched alkanes of at least 4 members (excludes halogenated alkanes) is 2. The summed E-state index contributed by atoms with van der Waals surface area (Å²) in [5.41, 5.74) is 2.71. The van der Waals surface area contributed by atoms with Gasteiger partial charge in [-0.25, -0.2) is 4.57 Å². The number of nitrogens with zero attached hydrogens (tertiary/aromatic N) is 1. The molecule has 0 aliphatic carbocycles. The van der Waals surface area contributed by atoms with Crippen molar-refractivity contribution in [3.8, 4) is 0 Å². The molecule has 0 saturated heterocycles. The highest BCUT2D eigenvalue weighted by Crippen LogP contribution is 2.23. The summed E-state index contributed by atoms with van der Waals surface area (Å²) in [5, 5.41) is 0.